The summed E-state index contributed by atoms with van der Waals surface area (Å²) in [7, 11) is 0. The molecule has 0 saturated carbocycles. The van der Waals surface area contributed by atoms with Crippen LogP contribution in [0.4, 0.5) is 0 Å². The zero-order valence-corrected chi connectivity index (χ0v) is 29.7. The highest BCUT2D eigenvalue weighted by Gasteiger charge is 2.18. The van der Waals surface area contributed by atoms with Crippen LogP contribution >= 0.6 is 0 Å². The first-order chi connectivity index (χ1) is 27.2. The predicted molar refractivity (Wildman–Crippen MR) is 223 cm³/mol. The molecule has 3 heterocycles. The van der Waals surface area contributed by atoms with Gasteiger partial charge < -0.3 is 4.42 Å². The summed E-state index contributed by atoms with van der Waals surface area (Å²) in [6.45, 7) is 0. The van der Waals surface area contributed by atoms with Crippen molar-refractivity contribution in [2.75, 3.05) is 0 Å². The van der Waals surface area contributed by atoms with Crippen LogP contribution in [0.1, 0.15) is 0 Å². The van der Waals surface area contributed by atoms with Crippen molar-refractivity contribution in [1.82, 2.24) is 19.9 Å². The zero-order valence-electron chi connectivity index (χ0n) is 29.7. The summed E-state index contributed by atoms with van der Waals surface area (Å²) in [5.74, 6) is 1.33. The molecule has 258 valence electrons. The Hall–Kier alpha value is -7.50. The third-order valence-electron chi connectivity index (χ3n) is 9.90. The maximum atomic E-state index is 6.33. The Labute approximate surface area is 318 Å². The van der Waals surface area contributed by atoms with Crippen LogP contribution in [0.15, 0.2) is 199 Å². The van der Waals surface area contributed by atoms with E-state index >= 15 is 0 Å². The van der Waals surface area contributed by atoms with E-state index in [-0.39, 0.29) is 0 Å². The molecule has 0 aliphatic rings. The SMILES string of the molecule is c1ccc(-c2cc(-c3ccccc3)nc(-c3cccc(-c4cccc(-c5cccc(-c6nc(-c7ccccc7)c7oc8ccccc8c7n6)c5)c4)c3)n2)cc1. The molecule has 0 bridgehead atoms. The number of hydrogen-bond acceptors (Lipinski definition) is 5. The number of hydrogen-bond donors (Lipinski definition) is 0. The molecule has 0 aliphatic carbocycles. The minimum Gasteiger partial charge on any atom is -0.452 e. The second kappa shape index (κ2) is 13.8. The van der Waals surface area contributed by atoms with Crippen LogP contribution in [0.25, 0.3) is 101 Å². The number of rotatable bonds is 7. The van der Waals surface area contributed by atoms with E-state index in [9.17, 15) is 0 Å². The molecule has 0 radical (unpaired) electrons. The van der Waals surface area contributed by atoms with Crippen LogP contribution in [0, 0.1) is 0 Å². The fourth-order valence-electron chi connectivity index (χ4n) is 7.16. The number of fused-ring (bicyclic) bond motifs is 3. The van der Waals surface area contributed by atoms with Crippen molar-refractivity contribution in [2.45, 2.75) is 0 Å². The molecule has 0 atom stereocenters. The molecule has 7 aromatic carbocycles. The maximum absolute atomic E-state index is 6.33. The molecule has 0 aliphatic heterocycles. The summed E-state index contributed by atoms with van der Waals surface area (Å²) in [5, 5.41) is 0.970. The number of nitrogens with zero attached hydrogens (tertiary/aromatic N) is 4. The third-order valence-corrected chi connectivity index (χ3v) is 9.90. The van der Waals surface area contributed by atoms with Gasteiger partial charge in [0.1, 0.15) is 16.8 Å². The van der Waals surface area contributed by atoms with Crippen molar-refractivity contribution in [3.05, 3.63) is 194 Å². The van der Waals surface area contributed by atoms with E-state index in [1.165, 1.54) is 0 Å². The Morgan fingerprint density at radius 1 is 0.309 bits per heavy atom. The standard InChI is InChI=1S/C50H32N4O/c1-4-15-33(16-5-1)43-32-44(34-17-6-2-7-18-34)52-49(51-43)40-25-13-23-38(30-40)36-21-12-22-37(29-36)39-24-14-26-41(31-39)50-53-46(35-19-8-3-9-20-35)48-47(54-50)42-27-10-11-28-45(42)55-48/h1-32H. The Balaban J connectivity index is 1.03. The van der Waals surface area contributed by atoms with E-state index in [4.69, 9.17) is 24.4 Å². The average molecular weight is 705 g/mol. The first-order valence-electron chi connectivity index (χ1n) is 18.3. The van der Waals surface area contributed by atoms with Crippen LogP contribution < -0.4 is 0 Å². The lowest BCUT2D eigenvalue weighted by molar-refractivity contribution is 0.667. The molecule has 10 rings (SSSR count). The molecular weight excluding hydrogens is 673 g/mol. The van der Waals surface area contributed by atoms with Crippen molar-refractivity contribution in [2.24, 2.45) is 0 Å². The van der Waals surface area contributed by atoms with Crippen molar-refractivity contribution in [3.8, 4) is 78.8 Å². The largest absolute Gasteiger partial charge is 0.452 e. The van der Waals surface area contributed by atoms with Gasteiger partial charge in [0.05, 0.1) is 11.4 Å². The molecule has 5 nitrogen and oxygen atoms in total. The second-order valence-electron chi connectivity index (χ2n) is 13.5. The van der Waals surface area contributed by atoms with E-state index < -0.39 is 0 Å². The number of benzene rings is 7. The summed E-state index contributed by atoms with van der Waals surface area (Å²) in [4.78, 5) is 20.3. The minimum atomic E-state index is 0.649. The van der Waals surface area contributed by atoms with Gasteiger partial charge in [0.25, 0.3) is 0 Å². The number of para-hydroxylation sites is 1. The molecule has 0 unspecified atom stereocenters. The molecule has 3 aromatic heterocycles. The molecule has 0 fully saturated rings. The van der Waals surface area contributed by atoms with Gasteiger partial charge in [0.15, 0.2) is 17.2 Å². The van der Waals surface area contributed by atoms with Gasteiger partial charge in [-0.1, -0.05) is 158 Å². The van der Waals surface area contributed by atoms with Crippen LogP contribution in [0.5, 0.6) is 0 Å². The van der Waals surface area contributed by atoms with Crippen LogP contribution in [0.2, 0.25) is 0 Å². The Bertz CT molecular complexity index is 2920. The van der Waals surface area contributed by atoms with E-state index in [1.807, 2.05) is 72.8 Å². The van der Waals surface area contributed by atoms with E-state index in [0.717, 1.165) is 83.6 Å². The van der Waals surface area contributed by atoms with Crippen molar-refractivity contribution >= 4 is 22.1 Å². The van der Waals surface area contributed by atoms with Crippen LogP contribution in [-0.2, 0) is 0 Å². The van der Waals surface area contributed by atoms with E-state index in [0.29, 0.717) is 17.2 Å². The lowest BCUT2D eigenvalue weighted by Crippen LogP contribution is -1.96. The van der Waals surface area contributed by atoms with Gasteiger partial charge in [0.2, 0.25) is 0 Å². The molecule has 10 aromatic rings. The van der Waals surface area contributed by atoms with Crippen LogP contribution in [0.3, 0.4) is 0 Å². The fraction of sp³-hybridized carbons (Fsp3) is 0. The van der Waals surface area contributed by atoms with Gasteiger partial charge >= 0.3 is 0 Å². The highest BCUT2D eigenvalue weighted by atomic mass is 16.3. The highest BCUT2D eigenvalue weighted by Crippen LogP contribution is 2.37. The van der Waals surface area contributed by atoms with Gasteiger partial charge in [-0.2, -0.15) is 0 Å². The zero-order chi connectivity index (χ0) is 36.6. The van der Waals surface area contributed by atoms with E-state index in [2.05, 4.69) is 121 Å². The highest BCUT2D eigenvalue weighted by molar-refractivity contribution is 6.07. The Morgan fingerprint density at radius 3 is 1.27 bits per heavy atom. The topological polar surface area (TPSA) is 64.7 Å². The van der Waals surface area contributed by atoms with Crippen molar-refractivity contribution in [1.29, 1.82) is 0 Å². The number of aromatic nitrogens is 4. The molecule has 0 spiro atoms. The Morgan fingerprint density at radius 2 is 0.727 bits per heavy atom. The second-order valence-corrected chi connectivity index (χ2v) is 13.5. The van der Waals surface area contributed by atoms with Gasteiger partial charge in [-0.05, 0) is 58.7 Å². The monoisotopic (exact) mass is 704 g/mol. The summed E-state index contributed by atoms with van der Waals surface area (Å²) >= 11 is 0. The van der Waals surface area contributed by atoms with Crippen LogP contribution in [-0.4, -0.2) is 19.9 Å². The predicted octanol–water partition coefficient (Wildman–Crippen LogP) is 12.8. The molecule has 5 heteroatoms. The smallest absolute Gasteiger partial charge is 0.180 e. The first-order valence-corrected chi connectivity index (χ1v) is 18.3. The quantitative estimate of drug-likeness (QED) is 0.165. The minimum absolute atomic E-state index is 0.649. The van der Waals surface area contributed by atoms with Gasteiger partial charge in [-0.15, -0.1) is 0 Å². The lowest BCUT2D eigenvalue weighted by atomic mass is 9.96. The fourth-order valence-corrected chi connectivity index (χ4v) is 7.16. The van der Waals surface area contributed by atoms with Gasteiger partial charge in [0, 0.05) is 33.2 Å². The molecule has 0 saturated heterocycles. The first kappa shape index (κ1) is 32.2. The summed E-state index contributed by atoms with van der Waals surface area (Å²) in [6, 6.07) is 66.4. The average Bonchev–Trinajstić information content (AvgIpc) is 3.66. The normalized spacial score (nSPS) is 11.3. The molecule has 0 amide bonds. The van der Waals surface area contributed by atoms with Gasteiger partial charge in [-0.3, -0.25) is 0 Å². The Kier molecular flexibility index (Phi) is 8.08. The third kappa shape index (κ3) is 6.24. The summed E-state index contributed by atoms with van der Waals surface area (Å²) in [6.07, 6.45) is 0. The summed E-state index contributed by atoms with van der Waals surface area (Å²) in [5.41, 5.74) is 14.1. The molecular formula is C50H32N4O. The van der Waals surface area contributed by atoms with Gasteiger partial charge in [-0.25, -0.2) is 19.9 Å². The molecule has 0 N–H and O–H groups in total. The van der Waals surface area contributed by atoms with E-state index in [1.54, 1.807) is 0 Å². The number of furan rings is 1. The summed E-state index contributed by atoms with van der Waals surface area (Å²) < 4.78 is 6.33. The maximum Gasteiger partial charge on any atom is 0.180 e. The van der Waals surface area contributed by atoms with Crippen molar-refractivity contribution in [3.63, 3.8) is 0 Å². The molecule has 55 heavy (non-hydrogen) atoms. The van der Waals surface area contributed by atoms with Crippen molar-refractivity contribution < 1.29 is 4.42 Å². The lowest BCUT2D eigenvalue weighted by Gasteiger charge is -2.11.